The highest BCUT2D eigenvalue weighted by Crippen LogP contribution is 2.32. The summed E-state index contributed by atoms with van der Waals surface area (Å²) in [4.78, 5) is 2.57. The number of likely N-dealkylation sites (tertiary alicyclic amines) is 1. The fourth-order valence-corrected chi connectivity index (χ4v) is 2.55. The molecular weight excluding hydrogens is 178 g/mol. The molecule has 0 aromatic carbocycles. The molecule has 0 amide bonds. The minimum Gasteiger partial charge on any atom is -0.396 e. The molecule has 0 radical (unpaired) electrons. The van der Waals surface area contributed by atoms with Crippen LogP contribution < -0.4 is 0 Å². The Hall–Kier alpha value is -0.120. The lowest BCUT2D eigenvalue weighted by Gasteiger charge is -2.35. The van der Waals surface area contributed by atoms with E-state index in [9.17, 15) is 0 Å². The molecule has 1 aliphatic carbocycles. The first-order chi connectivity index (χ1) is 6.85. The molecule has 2 rings (SSSR count). The summed E-state index contributed by atoms with van der Waals surface area (Å²) in [6.45, 7) is 2.63. The van der Waals surface area contributed by atoms with Gasteiger partial charge in [-0.1, -0.05) is 0 Å². The average Bonchev–Trinajstić information content (AvgIpc) is 3.04. The van der Waals surface area contributed by atoms with Crippen LogP contribution in [0, 0.1) is 11.8 Å². The maximum absolute atomic E-state index is 9.09. The fraction of sp³-hybridized carbons (Fsp3) is 1.00. The minimum absolute atomic E-state index is 0.122. The Morgan fingerprint density at radius 1 is 1.00 bits per heavy atom. The number of hydrogen-bond acceptors (Lipinski definition) is 3. The Morgan fingerprint density at radius 2 is 1.57 bits per heavy atom. The normalized spacial score (nSPS) is 25.9. The number of aliphatic hydroxyl groups is 2. The van der Waals surface area contributed by atoms with E-state index in [2.05, 4.69) is 4.90 Å². The maximum atomic E-state index is 9.09. The van der Waals surface area contributed by atoms with Gasteiger partial charge in [0.2, 0.25) is 0 Å². The van der Waals surface area contributed by atoms with Gasteiger partial charge in [-0.3, -0.25) is 0 Å². The summed E-state index contributed by atoms with van der Waals surface area (Å²) in [7, 11) is 0. The van der Waals surface area contributed by atoms with Gasteiger partial charge in [0, 0.05) is 25.2 Å². The van der Waals surface area contributed by atoms with E-state index in [0.29, 0.717) is 5.92 Å². The van der Waals surface area contributed by atoms with Crippen LogP contribution in [0.4, 0.5) is 0 Å². The van der Waals surface area contributed by atoms with Gasteiger partial charge in [0.1, 0.15) is 0 Å². The first kappa shape index (κ1) is 10.4. The molecule has 2 fully saturated rings. The van der Waals surface area contributed by atoms with Crippen LogP contribution in [0.5, 0.6) is 0 Å². The SMILES string of the molecule is OCC(CO)C1CCN(C2CC2)CC1. The van der Waals surface area contributed by atoms with E-state index in [1.165, 1.54) is 25.9 Å². The van der Waals surface area contributed by atoms with E-state index in [-0.39, 0.29) is 19.1 Å². The summed E-state index contributed by atoms with van der Waals surface area (Å²) < 4.78 is 0. The summed E-state index contributed by atoms with van der Waals surface area (Å²) in [6.07, 6.45) is 5.08. The molecule has 14 heavy (non-hydrogen) atoms. The number of aliphatic hydroxyl groups excluding tert-OH is 2. The largest absolute Gasteiger partial charge is 0.396 e. The summed E-state index contributed by atoms with van der Waals surface area (Å²) in [5.74, 6) is 0.663. The maximum Gasteiger partial charge on any atom is 0.0483 e. The summed E-state index contributed by atoms with van der Waals surface area (Å²) in [6, 6.07) is 0.873. The van der Waals surface area contributed by atoms with E-state index >= 15 is 0 Å². The van der Waals surface area contributed by atoms with Crippen molar-refractivity contribution in [1.29, 1.82) is 0 Å². The van der Waals surface area contributed by atoms with Crippen molar-refractivity contribution in [3.63, 3.8) is 0 Å². The predicted molar refractivity (Wildman–Crippen MR) is 55.0 cm³/mol. The molecule has 1 heterocycles. The third-order valence-corrected chi connectivity index (χ3v) is 3.77. The van der Waals surface area contributed by atoms with Gasteiger partial charge in [0.15, 0.2) is 0 Å². The van der Waals surface area contributed by atoms with Gasteiger partial charge in [-0.2, -0.15) is 0 Å². The highest BCUT2D eigenvalue weighted by Gasteiger charge is 2.33. The Balaban J connectivity index is 1.76. The lowest BCUT2D eigenvalue weighted by Crippen LogP contribution is -2.38. The predicted octanol–water partition coefficient (Wildman–Crippen LogP) is 0.462. The molecule has 0 spiro atoms. The van der Waals surface area contributed by atoms with Gasteiger partial charge < -0.3 is 15.1 Å². The molecule has 0 aromatic heterocycles. The highest BCUT2D eigenvalue weighted by molar-refractivity contribution is 4.88. The quantitative estimate of drug-likeness (QED) is 0.691. The van der Waals surface area contributed by atoms with Gasteiger partial charge in [0.25, 0.3) is 0 Å². The third-order valence-electron chi connectivity index (χ3n) is 3.77. The number of rotatable bonds is 4. The fourth-order valence-electron chi connectivity index (χ4n) is 2.55. The lowest BCUT2D eigenvalue weighted by molar-refractivity contribution is 0.0647. The molecular formula is C11H21NO2. The van der Waals surface area contributed by atoms with Crippen molar-refractivity contribution >= 4 is 0 Å². The van der Waals surface area contributed by atoms with Crippen LogP contribution >= 0.6 is 0 Å². The van der Waals surface area contributed by atoms with Gasteiger partial charge in [0.05, 0.1) is 0 Å². The zero-order chi connectivity index (χ0) is 9.97. The van der Waals surface area contributed by atoms with Gasteiger partial charge >= 0.3 is 0 Å². The van der Waals surface area contributed by atoms with E-state index in [1.807, 2.05) is 0 Å². The van der Waals surface area contributed by atoms with Crippen molar-refractivity contribution in [2.75, 3.05) is 26.3 Å². The topological polar surface area (TPSA) is 43.7 Å². The van der Waals surface area contributed by atoms with Gasteiger partial charge in [-0.05, 0) is 44.7 Å². The Labute approximate surface area is 85.7 Å². The molecule has 1 saturated carbocycles. The summed E-state index contributed by atoms with van der Waals surface area (Å²) in [5, 5.41) is 18.2. The molecule has 82 valence electrons. The van der Waals surface area contributed by atoms with E-state index in [4.69, 9.17) is 10.2 Å². The molecule has 2 N–H and O–H groups in total. The van der Waals surface area contributed by atoms with Crippen LogP contribution in [0.15, 0.2) is 0 Å². The summed E-state index contributed by atoms with van der Waals surface area (Å²) in [5.41, 5.74) is 0. The van der Waals surface area contributed by atoms with Crippen LogP contribution in [-0.2, 0) is 0 Å². The molecule has 0 unspecified atom stereocenters. The molecule has 2 aliphatic rings. The number of piperidine rings is 1. The first-order valence-electron chi connectivity index (χ1n) is 5.81. The van der Waals surface area contributed by atoms with Gasteiger partial charge in [-0.25, -0.2) is 0 Å². The van der Waals surface area contributed by atoms with Crippen LogP contribution in [0.1, 0.15) is 25.7 Å². The molecule has 3 heteroatoms. The second-order valence-electron chi connectivity index (χ2n) is 4.73. The Morgan fingerprint density at radius 3 is 2.00 bits per heavy atom. The van der Waals surface area contributed by atoms with Crippen molar-refractivity contribution in [2.24, 2.45) is 11.8 Å². The molecule has 1 saturated heterocycles. The minimum atomic E-state index is 0.122. The van der Waals surface area contributed by atoms with Crippen LogP contribution in [-0.4, -0.2) is 47.5 Å². The van der Waals surface area contributed by atoms with E-state index in [0.717, 1.165) is 18.9 Å². The third kappa shape index (κ3) is 2.27. The van der Waals surface area contributed by atoms with Gasteiger partial charge in [-0.15, -0.1) is 0 Å². The van der Waals surface area contributed by atoms with Crippen molar-refractivity contribution < 1.29 is 10.2 Å². The second-order valence-corrected chi connectivity index (χ2v) is 4.73. The molecule has 1 aliphatic heterocycles. The highest BCUT2D eigenvalue weighted by atomic mass is 16.3. The Bertz CT molecular complexity index is 170. The average molecular weight is 199 g/mol. The molecule has 0 bridgehead atoms. The second kappa shape index (κ2) is 4.60. The lowest BCUT2D eigenvalue weighted by atomic mass is 9.85. The Kier molecular flexibility index (Phi) is 3.42. The van der Waals surface area contributed by atoms with Crippen molar-refractivity contribution in [3.05, 3.63) is 0 Å². The molecule has 0 atom stereocenters. The smallest absolute Gasteiger partial charge is 0.0483 e. The van der Waals surface area contributed by atoms with Crippen molar-refractivity contribution in [3.8, 4) is 0 Å². The van der Waals surface area contributed by atoms with Crippen molar-refractivity contribution in [2.45, 2.75) is 31.7 Å². The number of nitrogens with zero attached hydrogens (tertiary/aromatic N) is 1. The zero-order valence-electron chi connectivity index (χ0n) is 8.73. The van der Waals surface area contributed by atoms with Crippen LogP contribution in [0.25, 0.3) is 0 Å². The van der Waals surface area contributed by atoms with E-state index < -0.39 is 0 Å². The van der Waals surface area contributed by atoms with E-state index in [1.54, 1.807) is 0 Å². The van der Waals surface area contributed by atoms with Crippen molar-refractivity contribution in [1.82, 2.24) is 4.90 Å². The first-order valence-corrected chi connectivity index (χ1v) is 5.81. The zero-order valence-corrected chi connectivity index (χ0v) is 8.73. The standard InChI is InChI=1S/C11H21NO2/c13-7-10(8-14)9-3-5-12(6-4-9)11-1-2-11/h9-11,13-14H,1-8H2. The monoisotopic (exact) mass is 199 g/mol. The summed E-state index contributed by atoms with van der Waals surface area (Å²) >= 11 is 0. The molecule has 0 aromatic rings. The van der Waals surface area contributed by atoms with Crippen LogP contribution in [0.2, 0.25) is 0 Å². The number of hydrogen-bond donors (Lipinski definition) is 2. The van der Waals surface area contributed by atoms with Crippen LogP contribution in [0.3, 0.4) is 0 Å². The molecule has 3 nitrogen and oxygen atoms in total.